The molecular formula is C10H8ClIS. The van der Waals surface area contributed by atoms with Crippen molar-refractivity contribution in [3.63, 3.8) is 0 Å². The Labute approximate surface area is 100 Å². The Kier molecular flexibility index (Phi) is 2.81. The van der Waals surface area contributed by atoms with Gasteiger partial charge < -0.3 is 0 Å². The summed E-state index contributed by atoms with van der Waals surface area (Å²) >= 11 is 10.2. The molecule has 2 rings (SSSR count). The highest BCUT2D eigenvalue weighted by Crippen LogP contribution is 2.35. The number of halogens is 2. The van der Waals surface area contributed by atoms with Crippen molar-refractivity contribution in [2.24, 2.45) is 0 Å². The van der Waals surface area contributed by atoms with Gasteiger partial charge in [-0.05, 0) is 51.4 Å². The van der Waals surface area contributed by atoms with Crippen molar-refractivity contribution in [3.05, 3.63) is 31.7 Å². The van der Waals surface area contributed by atoms with Crippen molar-refractivity contribution < 1.29 is 0 Å². The van der Waals surface area contributed by atoms with Crippen molar-refractivity contribution in [2.45, 2.75) is 13.3 Å². The van der Waals surface area contributed by atoms with Crippen LogP contribution in [0.3, 0.4) is 0 Å². The van der Waals surface area contributed by atoms with E-state index >= 15 is 0 Å². The fourth-order valence-corrected chi connectivity index (χ4v) is 3.39. The fourth-order valence-electron chi connectivity index (χ4n) is 1.37. The monoisotopic (exact) mass is 322 g/mol. The zero-order valence-corrected chi connectivity index (χ0v) is 10.8. The molecule has 0 fully saturated rings. The number of thiophene rings is 1. The van der Waals surface area contributed by atoms with Crippen LogP contribution in [0.5, 0.6) is 0 Å². The molecule has 0 unspecified atom stereocenters. The molecule has 1 aromatic heterocycles. The van der Waals surface area contributed by atoms with Gasteiger partial charge in [0.25, 0.3) is 0 Å². The fraction of sp³-hybridized carbons (Fsp3) is 0.200. The summed E-state index contributed by atoms with van der Waals surface area (Å²) in [5.74, 6) is 0. The van der Waals surface area contributed by atoms with Crippen molar-refractivity contribution in [1.29, 1.82) is 0 Å². The molecule has 1 heterocycles. The zero-order valence-electron chi connectivity index (χ0n) is 7.10. The van der Waals surface area contributed by atoms with Gasteiger partial charge >= 0.3 is 0 Å². The Morgan fingerprint density at radius 3 is 2.92 bits per heavy atom. The van der Waals surface area contributed by atoms with Crippen molar-refractivity contribution in [1.82, 2.24) is 0 Å². The first-order chi connectivity index (χ1) is 6.24. The minimum atomic E-state index is 0.905. The highest BCUT2D eigenvalue weighted by Gasteiger charge is 2.07. The molecule has 0 N–H and O–H groups in total. The van der Waals surface area contributed by atoms with Gasteiger partial charge in [0.2, 0.25) is 0 Å². The van der Waals surface area contributed by atoms with E-state index < -0.39 is 0 Å². The molecule has 0 saturated carbocycles. The van der Waals surface area contributed by atoms with Crippen LogP contribution in [0.4, 0.5) is 0 Å². The van der Waals surface area contributed by atoms with Crippen LogP contribution in [0.25, 0.3) is 10.1 Å². The van der Waals surface area contributed by atoms with Crippen molar-refractivity contribution >= 4 is 55.6 Å². The first-order valence-electron chi connectivity index (χ1n) is 4.08. The van der Waals surface area contributed by atoms with Crippen LogP contribution in [-0.4, -0.2) is 0 Å². The van der Waals surface area contributed by atoms with Gasteiger partial charge in [0, 0.05) is 3.57 Å². The predicted octanol–water partition coefficient (Wildman–Crippen LogP) is 4.72. The van der Waals surface area contributed by atoms with Gasteiger partial charge in [-0.2, -0.15) is 0 Å². The van der Waals surface area contributed by atoms with Crippen LogP contribution in [0, 0.1) is 3.57 Å². The van der Waals surface area contributed by atoms with Gasteiger partial charge in [0.15, 0.2) is 0 Å². The van der Waals surface area contributed by atoms with Gasteiger partial charge in [-0.25, -0.2) is 0 Å². The maximum atomic E-state index is 6.20. The summed E-state index contributed by atoms with van der Waals surface area (Å²) in [6.45, 7) is 2.17. The average molecular weight is 323 g/mol. The molecule has 0 nitrogen and oxygen atoms in total. The third-order valence-corrected chi connectivity index (χ3v) is 4.88. The number of aryl methyl sites for hydroxylation is 1. The largest absolute Gasteiger partial charge is 0.142 e. The molecule has 0 radical (unpaired) electrons. The zero-order chi connectivity index (χ0) is 9.42. The van der Waals surface area contributed by atoms with Gasteiger partial charge in [0.05, 0.1) is 9.72 Å². The minimum absolute atomic E-state index is 0.905. The summed E-state index contributed by atoms with van der Waals surface area (Å²) in [6.07, 6.45) is 1.08. The Bertz CT molecular complexity index is 447. The molecule has 2 aromatic rings. The average Bonchev–Trinajstić information content (AvgIpc) is 2.55. The quantitative estimate of drug-likeness (QED) is 0.666. The lowest BCUT2D eigenvalue weighted by Crippen LogP contribution is -1.77. The van der Waals surface area contributed by atoms with E-state index in [-0.39, 0.29) is 0 Å². The lowest BCUT2D eigenvalue weighted by Gasteiger charge is -1.98. The molecular weight excluding hydrogens is 315 g/mol. The summed E-state index contributed by atoms with van der Waals surface area (Å²) < 4.78 is 2.36. The Balaban J connectivity index is 2.81. The Morgan fingerprint density at radius 1 is 1.46 bits per heavy atom. The van der Waals surface area contributed by atoms with E-state index in [1.807, 2.05) is 0 Å². The van der Waals surface area contributed by atoms with Crippen LogP contribution in [0.15, 0.2) is 17.5 Å². The van der Waals surface area contributed by atoms with E-state index in [1.54, 1.807) is 11.3 Å². The lowest BCUT2D eigenvalue weighted by molar-refractivity contribution is 1.17. The van der Waals surface area contributed by atoms with E-state index in [2.05, 4.69) is 47.0 Å². The third-order valence-electron chi connectivity index (χ3n) is 2.10. The van der Waals surface area contributed by atoms with Crippen LogP contribution in [0.1, 0.15) is 12.5 Å². The Hall–Kier alpha value is 0.200. The second kappa shape index (κ2) is 3.75. The first-order valence-corrected chi connectivity index (χ1v) is 6.41. The van der Waals surface area contributed by atoms with Crippen LogP contribution in [-0.2, 0) is 6.42 Å². The smallest absolute Gasteiger partial charge is 0.0717 e. The van der Waals surface area contributed by atoms with Gasteiger partial charge in [-0.3, -0.25) is 0 Å². The van der Waals surface area contributed by atoms with Gasteiger partial charge in [-0.15, -0.1) is 11.3 Å². The van der Waals surface area contributed by atoms with Crippen LogP contribution in [0.2, 0.25) is 5.02 Å². The maximum absolute atomic E-state index is 6.20. The van der Waals surface area contributed by atoms with Crippen molar-refractivity contribution in [2.75, 3.05) is 0 Å². The number of fused-ring (bicyclic) bond motifs is 1. The number of hydrogen-bond acceptors (Lipinski definition) is 1. The lowest BCUT2D eigenvalue weighted by atomic mass is 10.1. The summed E-state index contributed by atoms with van der Waals surface area (Å²) in [6, 6.07) is 4.25. The first kappa shape index (κ1) is 9.74. The minimum Gasteiger partial charge on any atom is -0.142 e. The topological polar surface area (TPSA) is 0 Å². The molecule has 0 aliphatic heterocycles. The SMILES string of the molecule is CCc1csc2c(Cl)c(I)ccc12. The molecule has 0 amide bonds. The highest BCUT2D eigenvalue weighted by atomic mass is 127. The van der Waals surface area contributed by atoms with E-state index in [0.29, 0.717) is 0 Å². The van der Waals surface area contributed by atoms with Gasteiger partial charge in [-0.1, -0.05) is 24.6 Å². The number of rotatable bonds is 1. The number of hydrogen-bond donors (Lipinski definition) is 0. The van der Waals surface area contributed by atoms with Crippen LogP contribution < -0.4 is 0 Å². The molecule has 3 heteroatoms. The van der Waals surface area contributed by atoms with Gasteiger partial charge in [0.1, 0.15) is 0 Å². The third kappa shape index (κ3) is 1.60. The molecule has 0 atom stereocenters. The summed E-state index contributed by atoms with van der Waals surface area (Å²) in [4.78, 5) is 0. The molecule has 0 spiro atoms. The molecule has 0 aliphatic rings. The van der Waals surface area contributed by atoms with E-state index in [0.717, 1.165) is 15.0 Å². The molecule has 0 saturated heterocycles. The summed E-state index contributed by atoms with van der Waals surface area (Å²) in [5, 5.41) is 4.42. The van der Waals surface area contributed by atoms with E-state index in [9.17, 15) is 0 Å². The predicted molar refractivity (Wildman–Crippen MR) is 68.9 cm³/mol. The number of benzene rings is 1. The Morgan fingerprint density at radius 2 is 2.23 bits per heavy atom. The standard InChI is InChI=1S/C10H8ClIS/c1-2-6-5-13-10-7(6)3-4-8(12)9(10)11/h3-5H,2H2,1H3. The normalized spacial score (nSPS) is 11.0. The second-order valence-electron chi connectivity index (χ2n) is 2.85. The molecule has 0 bridgehead atoms. The van der Waals surface area contributed by atoms with E-state index in [1.165, 1.54) is 15.6 Å². The molecule has 1 aromatic carbocycles. The molecule has 0 aliphatic carbocycles. The summed E-state index contributed by atoms with van der Waals surface area (Å²) in [5.41, 5.74) is 1.40. The van der Waals surface area contributed by atoms with Crippen LogP contribution >= 0.6 is 45.5 Å². The highest BCUT2D eigenvalue weighted by molar-refractivity contribution is 14.1. The molecule has 13 heavy (non-hydrogen) atoms. The summed E-state index contributed by atoms with van der Waals surface area (Å²) in [7, 11) is 0. The van der Waals surface area contributed by atoms with Crippen molar-refractivity contribution in [3.8, 4) is 0 Å². The maximum Gasteiger partial charge on any atom is 0.0717 e. The van der Waals surface area contributed by atoms with E-state index in [4.69, 9.17) is 11.6 Å². The second-order valence-corrected chi connectivity index (χ2v) is 5.27. The molecule has 68 valence electrons.